The quantitative estimate of drug-likeness (QED) is 0.465. The van der Waals surface area contributed by atoms with Crippen LogP contribution in [0.4, 0.5) is 17.6 Å². The molecule has 0 spiro atoms. The van der Waals surface area contributed by atoms with Gasteiger partial charge in [-0.05, 0) is 31.4 Å². The van der Waals surface area contributed by atoms with Crippen LogP contribution in [0.1, 0.15) is 18.9 Å². The molecule has 25 heavy (non-hydrogen) atoms. The van der Waals surface area contributed by atoms with Gasteiger partial charge in [0, 0.05) is 32.2 Å². The summed E-state index contributed by atoms with van der Waals surface area (Å²) in [5.41, 5.74) is 0.597. The van der Waals surface area contributed by atoms with E-state index >= 15 is 0 Å². The zero-order chi connectivity index (χ0) is 18.3. The number of hydrogen-bond donors (Lipinski definition) is 2. The van der Waals surface area contributed by atoms with E-state index in [-0.39, 0.29) is 11.9 Å². The third kappa shape index (κ3) is 6.89. The van der Waals surface area contributed by atoms with E-state index in [1.54, 1.807) is 18.2 Å². The van der Waals surface area contributed by atoms with E-state index < -0.39 is 12.7 Å². The minimum absolute atomic E-state index is 0.0754. The van der Waals surface area contributed by atoms with E-state index in [9.17, 15) is 17.6 Å². The number of rotatable bonds is 6. The standard InChI is InChI=1S/C17H24F4N4/c1-2-22-16(23-9-7-13-5-3-4-6-15(13)18)24-14-8-10-25(11-14)12-17(19,20)21/h3-6,14H,2,7-12H2,1H3,(H2,22,23,24). The van der Waals surface area contributed by atoms with Crippen LogP contribution in [0.3, 0.4) is 0 Å². The molecule has 1 aromatic rings. The van der Waals surface area contributed by atoms with E-state index in [0.29, 0.717) is 50.5 Å². The Morgan fingerprint density at radius 1 is 1.32 bits per heavy atom. The van der Waals surface area contributed by atoms with Crippen LogP contribution < -0.4 is 10.6 Å². The summed E-state index contributed by atoms with van der Waals surface area (Å²) in [4.78, 5) is 5.79. The first kappa shape index (κ1) is 19.5. The fraction of sp³-hybridized carbons (Fsp3) is 0.588. The number of likely N-dealkylation sites (tertiary alicyclic amines) is 1. The predicted molar refractivity (Wildman–Crippen MR) is 90.1 cm³/mol. The molecule has 0 aromatic heterocycles. The number of hydrogen-bond acceptors (Lipinski definition) is 2. The topological polar surface area (TPSA) is 39.7 Å². The molecule has 2 N–H and O–H groups in total. The maximum atomic E-state index is 13.6. The molecule has 140 valence electrons. The monoisotopic (exact) mass is 360 g/mol. The highest BCUT2D eigenvalue weighted by Gasteiger charge is 2.34. The third-order valence-electron chi connectivity index (χ3n) is 3.97. The van der Waals surface area contributed by atoms with Gasteiger partial charge in [-0.3, -0.25) is 9.89 Å². The van der Waals surface area contributed by atoms with Crippen LogP contribution in [-0.4, -0.2) is 55.8 Å². The Bertz CT molecular complexity index is 574. The zero-order valence-electron chi connectivity index (χ0n) is 14.2. The highest BCUT2D eigenvalue weighted by atomic mass is 19.4. The second-order valence-corrected chi connectivity index (χ2v) is 6.08. The molecule has 0 bridgehead atoms. The first-order chi connectivity index (χ1) is 11.9. The smallest absolute Gasteiger partial charge is 0.357 e. The normalized spacial score (nSPS) is 19.2. The van der Waals surface area contributed by atoms with Crippen molar-refractivity contribution >= 4 is 5.96 Å². The van der Waals surface area contributed by atoms with Crippen LogP contribution in [0.25, 0.3) is 0 Å². The molecule has 0 amide bonds. The van der Waals surface area contributed by atoms with Gasteiger partial charge < -0.3 is 10.6 Å². The largest absolute Gasteiger partial charge is 0.401 e. The molecule has 1 saturated heterocycles. The summed E-state index contributed by atoms with van der Waals surface area (Å²) in [6.45, 7) is 2.81. The average molecular weight is 360 g/mol. The molecule has 2 rings (SSSR count). The number of aliphatic imine (C=N–C) groups is 1. The Morgan fingerprint density at radius 3 is 2.76 bits per heavy atom. The minimum atomic E-state index is -4.17. The van der Waals surface area contributed by atoms with Crippen LogP contribution in [0, 0.1) is 5.82 Å². The minimum Gasteiger partial charge on any atom is -0.357 e. The van der Waals surface area contributed by atoms with Gasteiger partial charge >= 0.3 is 6.18 Å². The lowest BCUT2D eigenvalue weighted by Gasteiger charge is -2.19. The predicted octanol–water partition coefficient (Wildman–Crippen LogP) is 2.56. The Hall–Kier alpha value is -1.83. The van der Waals surface area contributed by atoms with Crippen molar-refractivity contribution in [2.24, 2.45) is 4.99 Å². The number of nitrogens with one attached hydrogen (secondary N) is 2. The van der Waals surface area contributed by atoms with Gasteiger partial charge in [0.1, 0.15) is 5.82 Å². The molecular formula is C17H24F4N4. The first-order valence-electron chi connectivity index (χ1n) is 8.44. The second kappa shape index (κ2) is 9.03. The van der Waals surface area contributed by atoms with Crippen LogP contribution in [-0.2, 0) is 6.42 Å². The maximum Gasteiger partial charge on any atom is 0.401 e. The van der Waals surface area contributed by atoms with Gasteiger partial charge in [0.15, 0.2) is 5.96 Å². The molecule has 1 fully saturated rings. The lowest BCUT2D eigenvalue weighted by Crippen LogP contribution is -2.45. The number of guanidine groups is 1. The zero-order valence-corrected chi connectivity index (χ0v) is 14.2. The Labute approximate surface area is 145 Å². The van der Waals surface area contributed by atoms with Crippen molar-refractivity contribution in [3.63, 3.8) is 0 Å². The molecule has 0 radical (unpaired) electrons. The van der Waals surface area contributed by atoms with Gasteiger partial charge in [0.05, 0.1) is 6.54 Å². The number of alkyl halides is 3. The average Bonchev–Trinajstić information content (AvgIpc) is 2.94. The summed E-state index contributed by atoms with van der Waals surface area (Å²) >= 11 is 0. The Morgan fingerprint density at radius 2 is 2.08 bits per heavy atom. The Balaban J connectivity index is 1.85. The van der Waals surface area contributed by atoms with E-state index in [2.05, 4.69) is 15.6 Å². The molecule has 1 heterocycles. The van der Waals surface area contributed by atoms with Gasteiger partial charge in [-0.15, -0.1) is 0 Å². The van der Waals surface area contributed by atoms with E-state index in [1.165, 1.54) is 11.0 Å². The fourth-order valence-corrected chi connectivity index (χ4v) is 2.85. The summed E-state index contributed by atoms with van der Waals surface area (Å²) in [7, 11) is 0. The van der Waals surface area contributed by atoms with Crippen molar-refractivity contribution in [2.75, 3.05) is 32.7 Å². The van der Waals surface area contributed by atoms with Crippen molar-refractivity contribution in [1.29, 1.82) is 0 Å². The van der Waals surface area contributed by atoms with Crippen LogP contribution >= 0.6 is 0 Å². The number of nitrogens with zero attached hydrogens (tertiary/aromatic N) is 2. The lowest BCUT2D eigenvalue weighted by atomic mass is 10.1. The Kier molecular flexibility index (Phi) is 7.04. The van der Waals surface area contributed by atoms with Crippen molar-refractivity contribution in [3.05, 3.63) is 35.6 Å². The van der Waals surface area contributed by atoms with Gasteiger partial charge in [-0.1, -0.05) is 18.2 Å². The molecule has 1 aliphatic rings. The van der Waals surface area contributed by atoms with Crippen molar-refractivity contribution in [2.45, 2.75) is 32.0 Å². The third-order valence-corrected chi connectivity index (χ3v) is 3.97. The summed E-state index contributed by atoms with van der Waals surface area (Å²) in [6, 6.07) is 6.47. The van der Waals surface area contributed by atoms with Gasteiger partial charge in [-0.25, -0.2) is 4.39 Å². The second-order valence-electron chi connectivity index (χ2n) is 6.08. The van der Waals surface area contributed by atoms with Gasteiger partial charge in [0.25, 0.3) is 0 Å². The molecular weight excluding hydrogens is 336 g/mol. The van der Waals surface area contributed by atoms with E-state index in [0.717, 1.165) is 0 Å². The van der Waals surface area contributed by atoms with Crippen molar-refractivity contribution in [3.8, 4) is 0 Å². The fourth-order valence-electron chi connectivity index (χ4n) is 2.85. The highest BCUT2D eigenvalue weighted by Crippen LogP contribution is 2.19. The van der Waals surface area contributed by atoms with Crippen LogP contribution in [0.5, 0.6) is 0 Å². The summed E-state index contributed by atoms with van der Waals surface area (Å²) in [6.07, 6.45) is -3.07. The van der Waals surface area contributed by atoms with Crippen LogP contribution in [0.2, 0.25) is 0 Å². The number of benzene rings is 1. The molecule has 1 unspecified atom stereocenters. The van der Waals surface area contributed by atoms with Crippen molar-refractivity contribution < 1.29 is 17.6 Å². The summed E-state index contributed by atoms with van der Waals surface area (Å²) in [5, 5.41) is 6.25. The van der Waals surface area contributed by atoms with E-state index in [4.69, 9.17) is 0 Å². The van der Waals surface area contributed by atoms with Gasteiger partial charge in [-0.2, -0.15) is 13.2 Å². The lowest BCUT2D eigenvalue weighted by molar-refractivity contribution is -0.143. The van der Waals surface area contributed by atoms with Gasteiger partial charge in [0.2, 0.25) is 0 Å². The summed E-state index contributed by atoms with van der Waals surface area (Å²) in [5.74, 6) is 0.298. The molecule has 1 aromatic carbocycles. The molecule has 0 aliphatic carbocycles. The van der Waals surface area contributed by atoms with Crippen LogP contribution in [0.15, 0.2) is 29.3 Å². The summed E-state index contributed by atoms with van der Waals surface area (Å²) < 4.78 is 50.9. The van der Waals surface area contributed by atoms with E-state index in [1.807, 2.05) is 6.92 Å². The highest BCUT2D eigenvalue weighted by molar-refractivity contribution is 5.80. The molecule has 4 nitrogen and oxygen atoms in total. The molecule has 1 aliphatic heterocycles. The molecule has 8 heteroatoms. The molecule has 1 atom stereocenters. The SMILES string of the molecule is CCNC(=NCCc1ccccc1F)NC1CCN(CC(F)(F)F)C1. The maximum absolute atomic E-state index is 13.6. The molecule has 0 saturated carbocycles. The van der Waals surface area contributed by atoms with Crippen molar-refractivity contribution in [1.82, 2.24) is 15.5 Å². The number of halogens is 4. The first-order valence-corrected chi connectivity index (χ1v) is 8.44.